The minimum absolute atomic E-state index is 0.0211. The summed E-state index contributed by atoms with van der Waals surface area (Å²) < 4.78 is 1.74. The number of para-hydroxylation sites is 1. The first-order valence-corrected chi connectivity index (χ1v) is 9.06. The fraction of sp³-hybridized carbons (Fsp3) is 0.222. The average Bonchev–Trinajstić information content (AvgIpc) is 3.27. The van der Waals surface area contributed by atoms with Crippen LogP contribution in [0.25, 0.3) is 10.9 Å². The summed E-state index contributed by atoms with van der Waals surface area (Å²) in [4.78, 5) is 24.3. The van der Waals surface area contributed by atoms with E-state index in [4.69, 9.17) is 0 Å². The van der Waals surface area contributed by atoms with E-state index in [1.54, 1.807) is 22.1 Å². The van der Waals surface area contributed by atoms with E-state index in [0.29, 0.717) is 11.4 Å². The number of nitrogens with one attached hydrogen (secondary N) is 1. The number of thiophene rings is 1. The molecular formula is C18H18N4O3S. The number of aromatic nitrogens is 1. The molecule has 0 aliphatic rings. The van der Waals surface area contributed by atoms with E-state index in [-0.39, 0.29) is 24.0 Å². The highest BCUT2D eigenvalue weighted by molar-refractivity contribution is 7.12. The number of aromatic hydroxyl groups is 1. The lowest BCUT2D eigenvalue weighted by Gasteiger charge is -2.03. The Kier molecular flexibility index (Phi) is 5.43. The molecule has 0 saturated heterocycles. The molecule has 2 N–H and O–H groups in total. The quantitative estimate of drug-likeness (QED) is 0.645. The fourth-order valence-electron chi connectivity index (χ4n) is 2.61. The number of hydrogen-bond donors (Lipinski definition) is 2. The van der Waals surface area contributed by atoms with Gasteiger partial charge in [-0.25, -0.2) is 0 Å². The van der Waals surface area contributed by atoms with Crippen molar-refractivity contribution in [2.45, 2.75) is 19.9 Å². The van der Waals surface area contributed by atoms with Gasteiger partial charge in [0.15, 0.2) is 5.69 Å². The maximum Gasteiger partial charge on any atom is 0.283 e. The van der Waals surface area contributed by atoms with Crippen LogP contribution in [0.5, 0.6) is 5.88 Å². The zero-order chi connectivity index (χ0) is 18.5. The number of azo groups is 1. The van der Waals surface area contributed by atoms with Crippen LogP contribution in [-0.4, -0.2) is 28.0 Å². The van der Waals surface area contributed by atoms with Crippen LogP contribution in [0.2, 0.25) is 0 Å². The zero-order valence-corrected chi connectivity index (χ0v) is 15.0. The first kappa shape index (κ1) is 17.8. The van der Waals surface area contributed by atoms with Gasteiger partial charge in [-0.3, -0.25) is 9.59 Å². The zero-order valence-electron chi connectivity index (χ0n) is 14.2. The first-order chi connectivity index (χ1) is 12.6. The highest BCUT2D eigenvalue weighted by Gasteiger charge is 2.16. The van der Waals surface area contributed by atoms with Crippen molar-refractivity contribution in [2.24, 2.45) is 10.2 Å². The Bertz CT molecular complexity index is 960. The summed E-state index contributed by atoms with van der Waals surface area (Å²) in [5.41, 5.74) is 1.09. The van der Waals surface area contributed by atoms with Gasteiger partial charge in [0.2, 0.25) is 5.88 Å². The van der Waals surface area contributed by atoms with E-state index in [2.05, 4.69) is 15.5 Å². The van der Waals surface area contributed by atoms with Crippen LogP contribution in [0.4, 0.5) is 5.69 Å². The van der Waals surface area contributed by atoms with Gasteiger partial charge < -0.3 is 15.0 Å². The molecule has 0 radical (unpaired) electrons. The van der Waals surface area contributed by atoms with Crippen LogP contribution in [0.15, 0.2) is 52.0 Å². The number of amides is 2. The predicted octanol–water partition coefficient (Wildman–Crippen LogP) is 3.86. The third kappa shape index (κ3) is 3.65. The van der Waals surface area contributed by atoms with Gasteiger partial charge in [0.05, 0.1) is 10.4 Å². The smallest absolute Gasteiger partial charge is 0.283 e. The third-order valence-electron chi connectivity index (χ3n) is 3.77. The van der Waals surface area contributed by atoms with Crippen molar-refractivity contribution in [2.75, 3.05) is 6.54 Å². The van der Waals surface area contributed by atoms with Crippen molar-refractivity contribution in [3.05, 3.63) is 46.7 Å². The Hall–Kier alpha value is -3.00. The molecule has 8 heteroatoms. The molecule has 0 saturated carbocycles. The van der Waals surface area contributed by atoms with E-state index < -0.39 is 5.91 Å². The first-order valence-electron chi connectivity index (χ1n) is 8.18. The lowest BCUT2D eigenvalue weighted by Crippen LogP contribution is -2.27. The SMILES string of the molecule is CCCn1c(O)c(N=NC(=O)CNC(=O)c2cccs2)c2ccccc21. The Labute approximate surface area is 154 Å². The number of rotatable bonds is 6. The van der Waals surface area contributed by atoms with Crippen LogP contribution in [0, 0.1) is 0 Å². The second-order valence-electron chi connectivity index (χ2n) is 5.59. The van der Waals surface area contributed by atoms with E-state index in [1.807, 2.05) is 31.2 Å². The predicted molar refractivity (Wildman–Crippen MR) is 100 cm³/mol. The maximum atomic E-state index is 11.9. The molecule has 0 bridgehead atoms. The lowest BCUT2D eigenvalue weighted by molar-refractivity contribution is -0.117. The van der Waals surface area contributed by atoms with Crippen LogP contribution >= 0.6 is 11.3 Å². The summed E-state index contributed by atoms with van der Waals surface area (Å²) in [6.45, 7) is 2.39. The summed E-state index contributed by atoms with van der Waals surface area (Å²) in [6.07, 6.45) is 0.844. The molecule has 0 aliphatic heterocycles. The van der Waals surface area contributed by atoms with Crippen LogP contribution < -0.4 is 5.32 Å². The van der Waals surface area contributed by atoms with Crippen LogP contribution in [0.3, 0.4) is 0 Å². The molecule has 2 heterocycles. The number of benzene rings is 1. The number of hydrogen-bond acceptors (Lipinski definition) is 5. The minimum atomic E-state index is -0.596. The van der Waals surface area contributed by atoms with Gasteiger partial charge in [-0.15, -0.1) is 21.6 Å². The number of carbonyl (C=O) groups is 2. The van der Waals surface area contributed by atoms with Crippen molar-refractivity contribution >= 4 is 39.7 Å². The summed E-state index contributed by atoms with van der Waals surface area (Å²) in [6, 6.07) is 10.8. The standard InChI is InChI=1S/C18H18N4O3S/c1-2-9-22-13-7-4-3-6-12(13)16(18(22)25)21-20-15(23)11-19-17(24)14-8-5-10-26-14/h3-8,10,25H,2,9,11H2,1H3,(H,19,24). The van der Waals surface area contributed by atoms with Crippen molar-refractivity contribution in [1.29, 1.82) is 0 Å². The number of fused-ring (bicyclic) bond motifs is 1. The summed E-state index contributed by atoms with van der Waals surface area (Å²) in [7, 11) is 0. The van der Waals surface area contributed by atoms with E-state index in [9.17, 15) is 14.7 Å². The Balaban J connectivity index is 1.74. The van der Waals surface area contributed by atoms with Gasteiger partial charge in [-0.05, 0) is 23.9 Å². The molecule has 7 nitrogen and oxygen atoms in total. The molecule has 0 spiro atoms. The van der Waals surface area contributed by atoms with Gasteiger partial charge in [0.25, 0.3) is 11.8 Å². The van der Waals surface area contributed by atoms with Gasteiger partial charge in [0.1, 0.15) is 6.54 Å². The Morgan fingerprint density at radius 1 is 1.23 bits per heavy atom. The largest absolute Gasteiger partial charge is 0.493 e. The van der Waals surface area contributed by atoms with Crippen molar-refractivity contribution in [3.63, 3.8) is 0 Å². The monoisotopic (exact) mass is 370 g/mol. The summed E-state index contributed by atoms with van der Waals surface area (Å²) >= 11 is 1.29. The summed E-state index contributed by atoms with van der Waals surface area (Å²) in [5, 5.41) is 23.0. The number of nitrogens with zero attached hydrogens (tertiary/aromatic N) is 3. The lowest BCUT2D eigenvalue weighted by atomic mass is 10.2. The Morgan fingerprint density at radius 2 is 2.04 bits per heavy atom. The molecular weight excluding hydrogens is 352 g/mol. The minimum Gasteiger partial charge on any atom is -0.493 e. The normalized spacial score (nSPS) is 11.3. The van der Waals surface area contributed by atoms with Crippen LogP contribution in [-0.2, 0) is 11.3 Å². The van der Waals surface area contributed by atoms with E-state index in [0.717, 1.165) is 17.3 Å². The van der Waals surface area contributed by atoms with Crippen molar-refractivity contribution < 1.29 is 14.7 Å². The molecule has 0 unspecified atom stereocenters. The van der Waals surface area contributed by atoms with E-state index in [1.165, 1.54) is 11.3 Å². The number of carbonyl (C=O) groups excluding carboxylic acids is 2. The maximum absolute atomic E-state index is 11.9. The third-order valence-corrected chi connectivity index (χ3v) is 4.64. The van der Waals surface area contributed by atoms with Crippen LogP contribution in [0.1, 0.15) is 23.0 Å². The number of aryl methyl sites for hydroxylation is 1. The molecule has 2 aromatic heterocycles. The molecule has 0 fully saturated rings. The van der Waals surface area contributed by atoms with Crippen molar-refractivity contribution in [3.8, 4) is 5.88 Å². The molecule has 0 atom stereocenters. The van der Waals surface area contributed by atoms with Gasteiger partial charge >= 0.3 is 0 Å². The molecule has 134 valence electrons. The Morgan fingerprint density at radius 3 is 2.77 bits per heavy atom. The fourth-order valence-corrected chi connectivity index (χ4v) is 3.25. The molecule has 3 rings (SSSR count). The highest BCUT2D eigenvalue weighted by atomic mass is 32.1. The second kappa shape index (κ2) is 7.92. The molecule has 3 aromatic rings. The summed E-state index contributed by atoms with van der Waals surface area (Å²) in [5.74, 6) is -0.945. The molecule has 26 heavy (non-hydrogen) atoms. The topological polar surface area (TPSA) is 96.0 Å². The molecule has 1 aromatic carbocycles. The van der Waals surface area contributed by atoms with Crippen molar-refractivity contribution in [1.82, 2.24) is 9.88 Å². The average molecular weight is 370 g/mol. The van der Waals surface area contributed by atoms with Gasteiger partial charge in [-0.2, -0.15) is 0 Å². The second-order valence-corrected chi connectivity index (χ2v) is 6.54. The molecule has 0 aliphatic carbocycles. The van der Waals surface area contributed by atoms with Gasteiger partial charge in [-0.1, -0.05) is 31.2 Å². The van der Waals surface area contributed by atoms with E-state index >= 15 is 0 Å². The highest BCUT2D eigenvalue weighted by Crippen LogP contribution is 2.38. The van der Waals surface area contributed by atoms with Gasteiger partial charge in [0, 0.05) is 11.9 Å². The molecule has 2 amide bonds.